The first kappa shape index (κ1) is 20.9. The number of carbonyl (C=O) groups is 2. The Morgan fingerprint density at radius 1 is 1.30 bits per heavy atom. The number of nitro benzene ring substituents is 1. The summed E-state index contributed by atoms with van der Waals surface area (Å²) in [5.74, 6) is -0.919. The van der Waals surface area contributed by atoms with Crippen molar-refractivity contribution in [1.82, 2.24) is 5.32 Å². The van der Waals surface area contributed by atoms with Crippen LogP contribution in [0.5, 0.6) is 11.5 Å². The smallest absolute Gasteiger partial charge is 0.341 e. The first-order valence-corrected chi connectivity index (χ1v) is 9.24. The van der Waals surface area contributed by atoms with E-state index in [1.54, 1.807) is 36.4 Å². The molecule has 0 aromatic heterocycles. The van der Waals surface area contributed by atoms with Crippen LogP contribution in [-0.4, -0.2) is 40.8 Å². The maximum Gasteiger partial charge on any atom is 0.341 e. The molecule has 0 spiro atoms. The summed E-state index contributed by atoms with van der Waals surface area (Å²) in [6.45, 7) is -0.442. The Balaban J connectivity index is 1.75. The topological polar surface area (TPSA) is 140 Å². The predicted molar refractivity (Wildman–Crippen MR) is 110 cm³/mol. The number of benzene rings is 2. The Hall–Kier alpha value is -3.86. The number of thioether (sulfide) groups is 1. The van der Waals surface area contributed by atoms with Crippen molar-refractivity contribution in [2.24, 2.45) is 4.99 Å². The van der Waals surface area contributed by atoms with E-state index in [4.69, 9.17) is 14.6 Å². The Labute approximate surface area is 174 Å². The summed E-state index contributed by atoms with van der Waals surface area (Å²) in [6.07, 6.45) is 1.64. The number of nitrogens with one attached hydrogen (secondary N) is 1. The monoisotopic (exact) mass is 429 g/mol. The van der Waals surface area contributed by atoms with E-state index in [1.165, 1.54) is 19.2 Å². The van der Waals surface area contributed by atoms with Crippen LogP contribution < -0.4 is 14.8 Å². The van der Waals surface area contributed by atoms with Gasteiger partial charge in [0.2, 0.25) is 0 Å². The molecule has 0 bridgehead atoms. The summed E-state index contributed by atoms with van der Waals surface area (Å²) < 4.78 is 10.0. The van der Waals surface area contributed by atoms with E-state index in [0.29, 0.717) is 21.9 Å². The first-order chi connectivity index (χ1) is 14.4. The van der Waals surface area contributed by atoms with Gasteiger partial charge < -0.3 is 19.9 Å². The number of carboxylic acid groups (broad SMARTS) is 1. The van der Waals surface area contributed by atoms with E-state index < -0.39 is 17.5 Å². The number of ether oxygens (including phenoxy) is 2. The van der Waals surface area contributed by atoms with Gasteiger partial charge in [0.05, 0.1) is 22.6 Å². The molecule has 2 aromatic rings. The first-order valence-electron chi connectivity index (χ1n) is 8.42. The minimum Gasteiger partial charge on any atom is -0.490 e. The molecule has 1 saturated heterocycles. The molecule has 1 heterocycles. The number of hydrogen-bond donors (Lipinski definition) is 2. The second kappa shape index (κ2) is 9.09. The van der Waals surface area contributed by atoms with Crippen molar-refractivity contribution in [1.29, 1.82) is 0 Å². The van der Waals surface area contributed by atoms with Crippen molar-refractivity contribution in [3.05, 3.63) is 63.0 Å². The molecule has 154 valence electrons. The summed E-state index contributed by atoms with van der Waals surface area (Å²) in [5, 5.41) is 22.6. The largest absolute Gasteiger partial charge is 0.490 e. The molecular weight excluding hydrogens is 414 g/mol. The Kier molecular flexibility index (Phi) is 6.32. The van der Waals surface area contributed by atoms with Crippen LogP contribution in [0.3, 0.4) is 0 Å². The number of nitro groups is 1. The SMILES string of the molecule is COc1ccc(N=C2NC(=O)/C(=C/c3ccc(OCC(=O)O)cc3)S2)cc1[N+](=O)[O-]. The molecule has 1 amide bonds. The van der Waals surface area contributed by atoms with Gasteiger partial charge in [-0.15, -0.1) is 0 Å². The van der Waals surface area contributed by atoms with Crippen LogP contribution >= 0.6 is 11.8 Å². The van der Waals surface area contributed by atoms with Crippen LogP contribution in [0.25, 0.3) is 6.08 Å². The molecule has 0 radical (unpaired) electrons. The molecule has 1 fully saturated rings. The molecular formula is C19H15N3O7S. The van der Waals surface area contributed by atoms with E-state index in [1.807, 2.05) is 0 Å². The van der Waals surface area contributed by atoms with Crippen LogP contribution in [0.4, 0.5) is 11.4 Å². The van der Waals surface area contributed by atoms with Crippen molar-refractivity contribution < 1.29 is 29.1 Å². The van der Waals surface area contributed by atoms with Gasteiger partial charge in [-0.05, 0) is 47.7 Å². The number of aliphatic carboxylic acids is 1. The van der Waals surface area contributed by atoms with Gasteiger partial charge in [-0.2, -0.15) is 0 Å². The molecule has 2 N–H and O–H groups in total. The van der Waals surface area contributed by atoms with Crippen LogP contribution in [0.2, 0.25) is 0 Å². The maximum absolute atomic E-state index is 12.2. The fourth-order valence-electron chi connectivity index (χ4n) is 2.45. The summed E-state index contributed by atoms with van der Waals surface area (Å²) in [6, 6.07) is 10.8. The number of hydrogen-bond acceptors (Lipinski definition) is 8. The van der Waals surface area contributed by atoms with Gasteiger partial charge in [0.15, 0.2) is 17.5 Å². The molecule has 3 rings (SSSR count). The summed E-state index contributed by atoms with van der Waals surface area (Å²) in [4.78, 5) is 37.9. The molecule has 11 heteroatoms. The lowest BCUT2D eigenvalue weighted by Crippen LogP contribution is -2.19. The third-order valence-electron chi connectivity index (χ3n) is 3.78. The quantitative estimate of drug-likeness (QED) is 0.389. The molecule has 2 aromatic carbocycles. The molecule has 0 saturated carbocycles. The molecule has 0 unspecified atom stereocenters. The number of nitrogens with zero attached hydrogens (tertiary/aromatic N) is 2. The lowest BCUT2D eigenvalue weighted by atomic mass is 10.2. The van der Waals surface area contributed by atoms with Gasteiger partial charge in [-0.3, -0.25) is 14.9 Å². The normalized spacial score (nSPS) is 15.8. The van der Waals surface area contributed by atoms with Crippen LogP contribution in [0, 0.1) is 10.1 Å². The molecule has 30 heavy (non-hydrogen) atoms. The molecule has 1 aliphatic rings. The number of aliphatic imine (C=N–C) groups is 1. The molecule has 0 aliphatic carbocycles. The minimum absolute atomic E-state index is 0.114. The van der Waals surface area contributed by atoms with Gasteiger partial charge in [-0.1, -0.05) is 12.1 Å². The number of carboxylic acids is 1. The average molecular weight is 429 g/mol. The average Bonchev–Trinajstić information content (AvgIpc) is 3.05. The highest BCUT2D eigenvalue weighted by molar-refractivity contribution is 8.18. The maximum atomic E-state index is 12.2. The second-order valence-corrected chi connectivity index (χ2v) is 6.88. The Morgan fingerprint density at radius 2 is 2.03 bits per heavy atom. The Bertz CT molecular complexity index is 1060. The highest BCUT2D eigenvalue weighted by atomic mass is 32.2. The lowest BCUT2D eigenvalue weighted by Gasteiger charge is -2.03. The zero-order valence-electron chi connectivity index (χ0n) is 15.5. The van der Waals surface area contributed by atoms with Crippen molar-refractivity contribution >= 4 is 46.3 Å². The fraction of sp³-hybridized carbons (Fsp3) is 0.105. The second-order valence-electron chi connectivity index (χ2n) is 5.85. The standard InChI is InChI=1S/C19H15N3O7S/c1-28-15-7-4-12(9-14(15)22(26)27)20-19-21-18(25)16(30-19)8-11-2-5-13(6-3-11)29-10-17(23)24/h2-9H,10H2,1H3,(H,23,24)(H,20,21,25)/b16-8-. The molecule has 0 atom stereocenters. The zero-order valence-corrected chi connectivity index (χ0v) is 16.3. The predicted octanol–water partition coefficient (Wildman–Crippen LogP) is 2.96. The number of carbonyl (C=O) groups excluding carboxylic acids is 1. The van der Waals surface area contributed by atoms with E-state index in [-0.39, 0.29) is 22.5 Å². The van der Waals surface area contributed by atoms with Crippen molar-refractivity contribution in [3.8, 4) is 11.5 Å². The van der Waals surface area contributed by atoms with Crippen LogP contribution in [-0.2, 0) is 9.59 Å². The highest BCUT2D eigenvalue weighted by Gasteiger charge is 2.24. The summed E-state index contributed by atoms with van der Waals surface area (Å²) in [7, 11) is 1.34. The van der Waals surface area contributed by atoms with Gasteiger partial charge in [0, 0.05) is 6.07 Å². The van der Waals surface area contributed by atoms with Crippen LogP contribution in [0.1, 0.15) is 5.56 Å². The van der Waals surface area contributed by atoms with Gasteiger partial charge >= 0.3 is 11.7 Å². The number of amides is 1. The van der Waals surface area contributed by atoms with E-state index in [2.05, 4.69) is 10.3 Å². The molecule has 1 aliphatic heterocycles. The lowest BCUT2D eigenvalue weighted by molar-refractivity contribution is -0.385. The Morgan fingerprint density at radius 3 is 2.67 bits per heavy atom. The van der Waals surface area contributed by atoms with Crippen molar-refractivity contribution in [3.63, 3.8) is 0 Å². The van der Waals surface area contributed by atoms with Gasteiger partial charge in [-0.25, -0.2) is 9.79 Å². The number of rotatable bonds is 7. The minimum atomic E-state index is -1.07. The zero-order chi connectivity index (χ0) is 21.7. The van der Waals surface area contributed by atoms with E-state index in [9.17, 15) is 19.7 Å². The summed E-state index contributed by atoms with van der Waals surface area (Å²) >= 11 is 1.09. The van der Waals surface area contributed by atoms with Crippen molar-refractivity contribution in [2.45, 2.75) is 0 Å². The van der Waals surface area contributed by atoms with E-state index in [0.717, 1.165) is 11.8 Å². The summed E-state index contributed by atoms with van der Waals surface area (Å²) in [5.41, 5.74) is 0.776. The molecule has 10 nitrogen and oxygen atoms in total. The fourth-order valence-corrected chi connectivity index (χ4v) is 3.29. The number of amidine groups is 1. The number of methoxy groups -OCH3 is 1. The third-order valence-corrected chi connectivity index (χ3v) is 4.69. The van der Waals surface area contributed by atoms with Crippen molar-refractivity contribution in [2.75, 3.05) is 13.7 Å². The van der Waals surface area contributed by atoms with Gasteiger partial charge in [0.1, 0.15) is 5.75 Å². The van der Waals surface area contributed by atoms with E-state index >= 15 is 0 Å². The van der Waals surface area contributed by atoms with Crippen LogP contribution in [0.15, 0.2) is 52.4 Å². The van der Waals surface area contributed by atoms with Gasteiger partial charge in [0.25, 0.3) is 5.91 Å². The highest BCUT2D eigenvalue weighted by Crippen LogP contribution is 2.33. The third kappa shape index (κ3) is 5.14.